The maximum atomic E-state index is 6.15. The highest BCUT2D eigenvalue weighted by Gasteiger charge is 2.52. The molecule has 2 aliphatic heterocycles. The second-order valence-electron chi connectivity index (χ2n) is 6.71. The van der Waals surface area contributed by atoms with Crippen molar-refractivity contribution in [2.24, 2.45) is 0 Å². The summed E-state index contributed by atoms with van der Waals surface area (Å²) in [5.74, 6) is 0.421. The summed E-state index contributed by atoms with van der Waals surface area (Å²) in [6, 6.07) is 5.97. The summed E-state index contributed by atoms with van der Waals surface area (Å²) in [7, 11) is -0.362. The van der Waals surface area contributed by atoms with Crippen LogP contribution in [-0.2, 0) is 14.0 Å². The standard InChI is InChI=1S/C15H22BNO3/c1-14(2)15(3,4)20-16(19-14)13-7-11(17)5-6-12(13)10-8-18-9-10/h5-7,10H,8-9,17H2,1-4H3. The first-order chi connectivity index (χ1) is 9.30. The molecule has 2 fully saturated rings. The van der Waals surface area contributed by atoms with Crippen molar-refractivity contribution in [1.29, 1.82) is 0 Å². The van der Waals surface area contributed by atoms with Gasteiger partial charge >= 0.3 is 7.12 Å². The summed E-state index contributed by atoms with van der Waals surface area (Å²) in [5, 5.41) is 0. The number of nitrogens with two attached hydrogens (primary N) is 1. The van der Waals surface area contributed by atoms with Gasteiger partial charge in [0.15, 0.2) is 0 Å². The lowest BCUT2D eigenvalue weighted by Crippen LogP contribution is -2.41. The average Bonchev–Trinajstić information content (AvgIpc) is 2.48. The fraction of sp³-hybridized carbons (Fsp3) is 0.600. The fourth-order valence-corrected chi connectivity index (χ4v) is 2.55. The number of anilines is 1. The van der Waals surface area contributed by atoms with E-state index in [9.17, 15) is 0 Å². The molecule has 4 nitrogen and oxygen atoms in total. The van der Waals surface area contributed by atoms with E-state index in [1.807, 2.05) is 12.1 Å². The zero-order valence-electron chi connectivity index (χ0n) is 12.6. The van der Waals surface area contributed by atoms with Crippen LogP contribution in [0.1, 0.15) is 39.2 Å². The van der Waals surface area contributed by atoms with Gasteiger partial charge in [0.2, 0.25) is 0 Å². The lowest BCUT2D eigenvalue weighted by Gasteiger charge is -2.32. The number of rotatable bonds is 2. The first kappa shape index (κ1) is 13.9. The fourth-order valence-electron chi connectivity index (χ4n) is 2.55. The van der Waals surface area contributed by atoms with Crippen molar-refractivity contribution in [3.05, 3.63) is 23.8 Å². The Morgan fingerprint density at radius 1 is 1.10 bits per heavy atom. The lowest BCUT2D eigenvalue weighted by atomic mass is 9.72. The van der Waals surface area contributed by atoms with Gasteiger partial charge in [-0.25, -0.2) is 0 Å². The van der Waals surface area contributed by atoms with Crippen LogP contribution in [-0.4, -0.2) is 31.5 Å². The molecule has 5 heteroatoms. The molecule has 108 valence electrons. The van der Waals surface area contributed by atoms with Gasteiger partial charge in [-0.3, -0.25) is 0 Å². The van der Waals surface area contributed by atoms with Gasteiger partial charge in [-0.15, -0.1) is 0 Å². The van der Waals surface area contributed by atoms with Crippen LogP contribution in [0, 0.1) is 0 Å². The first-order valence-electron chi connectivity index (χ1n) is 7.13. The quantitative estimate of drug-likeness (QED) is 0.659. The van der Waals surface area contributed by atoms with Crippen molar-refractivity contribution >= 4 is 18.3 Å². The van der Waals surface area contributed by atoms with E-state index in [4.69, 9.17) is 19.8 Å². The Kier molecular flexibility index (Phi) is 3.12. The third-order valence-electron chi connectivity index (χ3n) is 4.70. The van der Waals surface area contributed by atoms with Crippen LogP contribution in [0.2, 0.25) is 0 Å². The van der Waals surface area contributed by atoms with Crippen LogP contribution in [0.4, 0.5) is 5.69 Å². The third kappa shape index (κ3) is 2.14. The number of benzene rings is 1. The Morgan fingerprint density at radius 3 is 2.20 bits per heavy atom. The molecule has 0 bridgehead atoms. The van der Waals surface area contributed by atoms with Crippen LogP contribution in [0.5, 0.6) is 0 Å². The molecule has 0 spiro atoms. The average molecular weight is 275 g/mol. The topological polar surface area (TPSA) is 53.7 Å². The second-order valence-corrected chi connectivity index (χ2v) is 6.71. The molecular weight excluding hydrogens is 253 g/mol. The van der Waals surface area contributed by atoms with Crippen molar-refractivity contribution in [2.45, 2.75) is 44.8 Å². The van der Waals surface area contributed by atoms with Crippen molar-refractivity contribution in [1.82, 2.24) is 0 Å². The Labute approximate surface area is 120 Å². The molecule has 1 aromatic rings. The molecular formula is C15H22BNO3. The Hall–Kier alpha value is -1.04. The normalized spacial score (nSPS) is 24.7. The van der Waals surface area contributed by atoms with E-state index in [0.717, 1.165) is 24.4 Å². The van der Waals surface area contributed by atoms with Crippen molar-refractivity contribution < 1.29 is 14.0 Å². The van der Waals surface area contributed by atoms with E-state index in [1.165, 1.54) is 5.56 Å². The van der Waals surface area contributed by atoms with Crippen LogP contribution >= 0.6 is 0 Å². The number of nitrogen functional groups attached to an aromatic ring is 1. The van der Waals surface area contributed by atoms with Gasteiger partial charge < -0.3 is 19.8 Å². The van der Waals surface area contributed by atoms with E-state index < -0.39 is 0 Å². The summed E-state index contributed by atoms with van der Waals surface area (Å²) >= 11 is 0. The van der Waals surface area contributed by atoms with E-state index >= 15 is 0 Å². The summed E-state index contributed by atoms with van der Waals surface area (Å²) in [6.07, 6.45) is 0. The third-order valence-corrected chi connectivity index (χ3v) is 4.70. The van der Waals surface area contributed by atoms with E-state index in [-0.39, 0.29) is 18.3 Å². The Bertz CT molecular complexity index is 510. The van der Waals surface area contributed by atoms with Gasteiger partial charge in [0.05, 0.1) is 24.4 Å². The molecule has 0 aromatic heterocycles. The first-order valence-corrected chi connectivity index (χ1v) is 7.13. The highest BCUT2D eigenvalue weighted by atomic mass is 16.7. The number of hydrogen-bond donors (Lipinski definition) is 1. The van der Waals surface area contributed by atoms with E-state index in [2.05, 4.69) is 33.8 Å². The summed E-state index contributed by atoms with van der Waals surface area (Å²) in [5.41, 5.74) is 8.27. The van der Waals surface area contributed by atoms with Crippen LogP contribution in [0.15, 0.2) is 18.2 Å². The largest absolute Gasteiger partial charge is 0.495 e. The SMILES string of the molecule is CC1(C)OB(c2cc(N)ccc2C2COC2)OC1(C)C. The Morgan fingerprint density at radius 2 is 1.70 bits per heavy atom. The minimum atomic E-state index is -0.362. The molecule has 0 radical (unpaired) electrons. The molecule has 2 aliphatic rings. The number of hydrogen-bond acceptors (Lipinski definition) is 4. The molecule has 2 saturated heterocycles. The molecule has 0 atom stereocenters. The minimum absolute atomic E-state index is 0.338. The van der Waals surface area contributed by atoms with Gasteiger partial charge in [-0.2, -0.15) is 0 Å². The maximum absolute atomic E-state index is 6.15. The monoisotopic (exact) mass is 275 g/mol. The Balaban J connectivity index is 1.96. The summed E-state index contributed by atoms with van der Waals surface area (Å²) < 4.78 is 17.6. The molecule has 0 amide bonds. The predicted octanol–water partition coefficient (Wildman–Crippen LogP) is 1.68. The molecule has 2 N–H and O–H groups in total. The van der Waals surface area contributed by atoms with Gasteiger partial charge in [-0.05, 0) is 50.9 Å². The predicted molar refractivity (Wildman–Crippen MR) is 80.1 cm³/mol. The van der Waals surface area contributed by atoms with Crippen molar-refractivity contribution in [3.63, 3.8) is 0 Å². The molecule has 2 heterocycles. The van der Waals surface area contributed by atoms with E-state index in [1.54, 1.807) is 0 Å². The highest BCUT2D eigenvalue weighted by Crippen LogP contribution is 2.37. The maximum Gasteiger partial charge on any atom is 0.495 e. The van der Waals surface area contributed by atoms with Gasteiger partial charge in [-0.1, -0.05) is 6.07 Å². The molecule has 1 aromatic carbocycles. The second kappa shape index (κ2) is 4.48. The van der Waals surface area contributed by atoms with Crippen molar-refractivity contribution in [3.8, 4) is 0 Å². The zero-order valence-corrected chi connectivity index (χ0v) is 12.6. The molecule has 3 rings (SSSR count). The van der Waals surface area contributed by atoms with Crippen molar-refractivity contribution in [2.75, 3.05) is 18.9 Å². The number of ether oxygens (including phenoxy) is 1. The van der Waals surface area contributed by atoms with Gasteiger partial charge in [0.1, 0.15) is 0 Å². The van der Waals surface area contributed by atoms with Crippen LogP contribution in [0.3, 0.4) is 0 Å². The van der Waals surface area contributed by atoms with Gasteiger partial charge in [0, 0.05) is 11.6 Å². The zero-order chi connectivity index (χ0) is 14.5. The van der Waals surface area contributed by atoms with E-state index in [0.29, 0.717) is 5.92 Å². The molecule has 0 unspecified atom stereocenters. The summed E-state index contributed by atoms with van der Waals surface area (Å²) in [6.45, 7) is 9.76. The molecule has 0 saturated carbocycles. The lowest BCUT2D eigenvalue weighted by molar-refractivity contribution is 0.00578. The molecule has 0 aliphatic carbocycles. The smallest absolute Gasteiger partial charge is 0.399 e. The van der Waals surface area contributed by atoms with Crippen LogP contribution < -0.4 is 11.2 Å². The van der Waals surface area contributed by atoms with Gasteiger partial charge in [0.25, 0.3) is 0 Å². The molecule has 20 heavy (non-hydrogen) atoms. The minimum Gasteiger partial charge on any atom is -0.399 e. The highest BCUT2D eigenvalue weighted by molar-refractivity contribution is 6.62. The van der Waals surface area contributed by atoms with Crippen LogP contribution in [0.25, 0.3) is 0 Å². The summed E-state index contributed by atoms with van der Waals surface area (Å²) in [4.78, 5) is 0.